The van der Waals surface area contributed by atoms with E-state index in [1.807, 2.05) is 31.2 Å². The van der Waals surface area contributed by atoms with Crippen molar-refractivity contribution < 1.29 is 17.8 Å². The van der Waals surface area contributed by atoms with Crippen LogP contribution in [0.25, 0.3) is 11.1 Å². The summed E-state index contributed by atoms with van der Waals surface area (Å²) in [5.74, 6) is 0. The number of carbonyl (C=O) groups excluding carboxylic acids is 1. The zero-order chi connectivity index (χ0) is 20.3. The van der Waals surface area contributed by atoms with Crippen LogP contribution in [0, 0.1) is 13.8 Å². The molecule has 2 amide bonds. The van der Waals surface area contributed by atoms with Crippen molar-refractivity contribution in [2.75, 3.05) is 10.6 Å². The molecule has 0 aliphatic heterocycles. The Morgan fingerprint density at radius 3 is 1.89 bits per heavy atom. The quantitative estimate of drug-likeness (QED) is 0.549. The number of nitrogens with one attached hydrogen (secondary N) is 2. The number of urea groups is 1. The number of hydrogen-bond donors (Lipinski definition) is 3. The summed E-state index contributed by atoms with van der Waals surface area (Å²) in [7, 11) is -4.29. The van der Waals surface area contributed by atoms with Gasteiger partial charge in [0, 0.05) is 11.4 Å². The second-order valence-corrected chi connectivity index (χ2v) is 7.82. The highest BCUT2D eigenvalue weighted by Gasteiger charge is 2.16. The Kier molecular flexibility index (Phi) is 5.48. The van der Waals surface area contributed by atoms with Gasteiger partial charge in [-0.2, -0.15) is 8.42 Å². The van der Waals surface area contributed by atoms with Crippen molar-refractivity contribution >= 4 is 27.5 Å². The van der Waals surface area contributed by atoms with Crippen LogP contribution >= 0.6 is 0 Å². The first kappa shape index (κ1) is 19.6. The highest BCUT2D eigenvalue weighted by molar-refractivity contribution is 7.85. The first-order chi connectivity index (χ1) is 13.2. The molecule has 28 heavy (non-hydrogen) atoms. The van der Waals surface area contributed by atoms with Gasteiger partial charge in [0.05, 0.1) is 4.90 Å². The van der Waals surface area contributed by atoms with Crippen LogP contribution in [-0.4, -0.2) is 19.0 Å². The van der Waals surface area contributed by atoms with E-state index in [4.69, 9.17) is 0 Å². The normalized spacial score (nSPS) is 11.1. The molecule has 0 radical (unpaired) electrons. The summed E-state index contributed by atoms with van der Waals surface area (Å²) in [6, 6.07) is 18.8. The molecule has 0 atom stereocenters. The molecule has 7 heteroatoms. The first-order valence-electron chi connectivity index (χ1n) is 8.56. The topological polar surface area (TPSA) is 95.5 Å². The number of carbonyl (C=O) groups is 1. The van der Waals surface area contributed by atoms with Crippen LogP contribution in [0.15, 0.2) is 71.6 Å². The number of benzene rings is 3. The summed E-state index contributed by atoms with van der Waals surface area (Å²) in [4.78, 5) is 12.0. The van der Waals surface area contributed by atoms with Gasteiger partial charge in [-0.1, -0.05) is 42.0 Å². The molecular weight excluding hydrogens is 376 g/mol. The van der Waals surface area contributed by atoms with E-state index < -0.39 is 10.1 Å². The van der Waals surface area contributed by atoms with Gasteiger partial charge in [-0.05, 0) is 60.9 Å². The van der Waals surface area contributed by atoms with Gasteiger partial charge in [0.15, 0.2) is 0 Å². The Morgan fingerprint density at radius 1 is 0.821 bits per heavy atom. The van der Waals surface area contributed by atoms with Crippen LogP contribution in [0.1, 0.15) is 11.1 Å². The minimum absolute atomic E-state index is 0.121. The van der Waals surface area contributed by atoms with Gasteiger partial charge in [0.25, 0.3) is 10.1 Å². The lowest BCUT2D eigenvalue weighted by Gasteiger charge is -2.11. The second kappa shape index (κ2) is 7.84. The molecular formula is C21H20N2O4S. The van der Waals surface area contributed by atoms with Crippen molar-refractivity contribution in [1.29, 1.82) is 0 Å². The van der Waals surface area contributed by atoms with E-state index >= 15 is 0 Å². The van der Waals surface area contributed by atoms with E-state index in [0.717, 1.165) is 11.1 Å². The Morgan fingerprint density at radius 2 is 1.36 bits per heavy atom. The number of anilines is 2. The van der Waals surface area contributed by atoms with Crippen LogP contribution in [-0.2, 0) is 10.1 Å². The van der Waals surface area contributed by atoms with E-state index in [2.05, 4.69) is 10.6 Å². The summed E-state index contributed by atoms with van der Waals surface area (Å²) in [6.07, 6.45) is 0. The fourth-order valence-corrected chi connectivity index (χ4v) is 3.62. The molecule has 0 bridgehead atoms. The van der Waals surface area contributed by atoms with E-state index in [1.165, 1.54) is 6.07 Å². The minimum atomic E-state index is -4.29. The largest absolute Gasteiger partial charge is 0.323 e. The van der Waals surface area contributed by atoms with Crippen molar-refractivity contribution in [2.45, 2.75) is 18.7 Å². The average Bonchev–Trinajstić information content (AvgIpc) is 2.64. The summed E-state index contributed by atoms with van der Waals surface area (Å²) >= 11 is 0. The van der Waals surface area contributed by atoms with Crippen LogP contribution in [0.4, 0.5) is 16.2 Å². The van der Waals surface area contributed by atoms with E-state index in [1.54, 1.807) is 43.3 Å². The highest BCUT2D eigenvalue weighted by atomic mass is 32.2. The second-order valence-electron chi connectivity index (χ2n) is 6.43. The molecule has 0 saturated heterocycles. The summed E-state index contributed by atoms with van der Waals surface area (Å²) in [6.45, 7) is 3.61. The molecule has 0 heterocycles. The third-order valence-corrected chi connectivity index (χ3v) is 5.32. The standard InChI is InChI=1S/C21H20N2O4S/c1-14-6-10-17(11-7-14)22-21(24)23-18-12-8-16(9-13-18)19-4-3-5-20(15(19)2)28(25,26)27/h3-13H,1-2H3,(H2,22,23,24)(H,25,26,27). The Balaban J connectivity index is 1.75. The SMILES string of the molecule is Cc1ccc(NC(=O)Nc2ccc(-c3cccc(S(=O)(=O)O)c3C)cc2)cc1. The summed E-state index contributed by atoms with van der Waals surface area (Å²) in [5.41, 5.74) is 4.31. The zero-order valence-corrected chi connectivity index (χ0v) is 16.2. The van der Waals surface area contributed by atoms with Gasteiger partial charge >= 0.3 is 6.03 Å². The minimum Gasteiger partial charge on any atom is -0.308 e. The Hall–Kier alpha value is -3.16. The monoisotopic (exact) mass is 396 g/mol. The van der Waals surface area contributed by atoms with Gasteiger partial charge in [0.1, 0.15) is 0 Å². The summed E-state index contributed by atoms with van der Waals surface area (Å²) in [5, 5.41) is 5.50. The molecule has 3 rings (SSSR count). The number of hydrogen-bond acceptors (Lipinski definition) is 3. The predicted octanol–water partition coefficient (Wildman–Crippen LogP) is 4.86. The van der Waals surface area contributed by atoms with Crippen molar-refractivity contribution in [3.8, 4) is 11.1 Å². The van der Waals surface area contributed by atoms with Crippen molar-refractivity contribution in [3.05, 3.63) is 77.9 Å². The number of aryl methyl sites for hydroxylation is 1. The third-order valence-electron chi connectivity index (χ3n) is 4.33. The molecule has 0 aliphatic carbocycles. The molecule has 3 N–H and O–H groups in total. The molecule has 0 spiro atoms. The maximum atomic E-state index is 12.1. The van der Waals surface area contributed by atoms with Crippen LogP contribution in [0.5, 0.6) is 0 Å². The average molecular weight is 396 g/mol. The first-order valence-corrected chi connectivity index (χ1v) is 10.0. The maximum Gasteiger partial charge on any atom is 0.323 e. The predicted molar refractivity (Wildman–Crippen MR) is 110 cm³/mol. The number of rotatable bonds is 4. The molecule has 3 aromatic carbocycles. The van der Waals surface area contributed by atoms with Gasteiger partial charge in [-0.15, -0.1) is 0 Å². The smallest absolute Gasteiger partial charge is 0.308 e. The lowest BCUT2D eigenvalue weighted by Crippen LogP contribution is -2.19. The van der Waals surface area contributed by atoms with Crippen LogP contribution < -0.4 is 10.6 Å². The Bertz CT molecular complexity index is 1110. The lowest BCUT2D eigenvalue weighted by atomic mass is 10.0. The Labute approximate surface area is 164 Å². The van der Waals surface area contributed by atoms with Crippen molar-refractivity contribution in [1.82, 2.24) is 0 Å². The van der Waals surface area contributed by atoms with Crippen LogP contribution in [0.3, 0.4) is 0 Å². The maximum absolute atomic E-state index is 12.1. The highest BCUT2D eigenvalue weighted by Crippen LogP contribution is 2.29. The van der Waals surface area contributed by atoms with Crippen LogP contribution in [0.2, 0.25) is 0 Å². The van der Waals surface area contributed by atoms with E-state index in [-0.39, 0.29) is 10.9 Å². The molecule has 0 aliphatic rings. The lowest BCUT2D eigenvalue weighted by molar-refractivity contribution is 0.262. The molecule has 3 aromatic rings. The number of amides is 2. The molecule has 0 fully saturated rings. The molecule has 0 aromatic heterocycles. The van der Waals surface area contributed by atoms with Gasteiger partial charge in [0.2, 0.25) is 0 Å². The molecule has 0 unspecified atom stereocenters. The van der Waals surface area contributed by atoms with Gasteiger partial charge in [-0.3, -0.25) is 4.55 Å². The fraction of sp³-hybridized carbons (Fsp3) is 0.0952. The zero-order valence-electron chi connectivity index (χ0n) is 15.4. The molecule has 0 saturated carbocycles. The molecule has 144 valence electrons. The van der Waals surface area contributed by atoms with Crippen molar-refractivity contribution in [3.63, 3.8) is 0 Å². The van der Waals surface area contributed by atoms with Crippen molar-refractivity contribution in [2.24, 2.45) is 0 Å². The summed E-state index contributed by atoms with van der Waals surface area (Å²) < 4.78 is 32.3. The molecule has 6 nitrogen and oxygen atoms in total. The van der Waals surface area contributed by atoms with E-state index in [9.17, 15) is 17.8 Å². The van der Waals surface area contributed by atoms with Gasteiger partial charge in [-0.25, -0.2) is 4.79 Å². The van der Waals surface area contributed by atoms with E-state index in [0.29, 0.717) is 22.5 Å². The van der Waals surface area contributed by atoms with Gasteiger partial charge < -0.3 is 10.6 Å². The third kappa shape index (κ3) is 4.57. The fourth-order valence-electron chi connectivity index (χ4n) is 2.87.